The number of hydrogen-bond acceptors (Lipinski definition) is 2. The summed E-state index contributed by atoms with van der Waals surface area (Å²) in [5, 5.41) is 0. The van der Waals surface area contributed by atoms with Gasteiger partial charge in [0.25, 0.3) is 0 Å². The quantitative estimate of drug-likeness (QED) is 0.725. The molecule has 0 saturated carbocycles. The summed E-state index contributed by atoms with van der Waals surface area (Å²) in [5.41, 5.74) is 4.64. The first-order valence-electron chi connectivity index (χ1n) is 5.02. The Balaban J connectivity index is 2.98. The number of nitrogens with zero attached hydrogens (tertiary/aromatic N) is 1. The fourth-order valence-electron chi connectivity index (χ4n) is 1.43. The topological polar surface area (TPSA) is 37.4 Å². The zero-order chi connectivity index (χ0) is 12.1. The fourth-order valence-corrected chi connectivity index (χ4v) is 1.43. The van der Waals surface area contributed by atoms with Crippen molar-refractivity contribution in [3.05, 3.63) is 40.6 Å². The second-order valence-corrected chi connectivity index (χ2v) is 3.75. The van der Waals surface area contributed by atoms with E-state index in [0.29, 0.717) is 12.8 Å². The molecule has 1 aromatic rings. The van der Waals surface area contributed by atoms with Crippen LogP contribution in [0.3, 0.4) is 0 Å². The van der Waals surface area contributed by atoms with Gasteiger partial charge in [0.15, 0.2) is 0 Å². The third kappa shape index (κ3) is 2.79. The summed E-state index contributed by atoms with van der Waals surface area (Å²) in [7, 11) is 0. The Morgan fingerprint density at radius 2 is 1.50 bits per heavy atom. The van der Waals surface area contributed by atoms with E-state index in [2.05, 4.69) is 6.92 Å². The van der Waals surface area contributed by atoms with Gasteiger partial charge in [-0.1, -0.05) is 12.1 Å². The number of carbonyl (C=O) groups excluding carboxylic acids is 2. The van der Waals surface area contributed by atoms with Gasteiger partial charge in [-0.25, -0.2) is 0 Å². The maximum absolute atomic E-state index is 10.4. The second-order valence-electron chi connectivity index (χ2n) is 3.75. The van der Waals surface area contributed by atoms with Gasteiger partial charge in [0.2, 0.25) is 12.8 Å². The molecule has 16 heavy (non-hydrogen) atoms. The molecule has 0 bridgehead atoms. The Hall–Kier alpha value is -1.90. The lowest BCUT2D eigenvalue weighted by atomic mass is 10.0. The van der Waals surface area contributed by atoms with E-state index in [1.807, 2.05) is 26.0 Å². The first kappa shape index (κ1) is 12.2. The molecule has 0 unspecified atom stereocenters. The highest BCUT2D eigenvalue weighted by Crippen LogP contribution is 2.16. The van der Waals surface area contributed by atoms with Crippen molar-refractivity contribution in [3.8, 4) is 0 Å². The van der Waals surface area contributed by atoms with E-state index >= 15 is 0 Å². The normalized spacial score (nSPS) is 10.4. The van der Waals surface area contributed by atoms with E-state index < -0.39 is 0 Å². The zero-order valence-corrected chi connectivity index (χ0v) is 9.73. The van der Waals surface area contributed by atoms with Crippen molar-refractivity contribution in [2.45, 2.75) is 20.8 Å². The van der Waals surface area contributed by atoms with E-state index in [9.17, 15) is 9.59 Å². The van der Waals surface area contributed by atoms with Crippen LogP contribution < -0.4 is 0 Å². The van der Waals surface area contributed by atoms with Crippen LogP contribution in [-0.4, -0.2) is 17.7 Å². The average molecular weight is 217 g/mol. The summed E-state index contributed by atoms with van der Waals surface area (Å²) in [6.45, 7) is 6.15. The fraction of sp³-hybridized carbons (Fsp3) is 0.231. The largest absolute Gasteiger partial charge is 0.278 e. The van der Waals surface area contributed by atoms with Gasteiger partial charge in [-0.05, 0) is 49.1 Å². The number of imide groups is 1. The number of amides is 2. The number of carbonyl (C=O) groups is 2. The predicted molar refractivity (Wildman–Crippen MR) is 63.7 cm³/mol. The van der Waals surface area contributed by atoms with Crippen molar-refractivity contribution < 1.29 is 9.59 Å². The molecule has 3 heteroatoms. The lowest BCUT2D eigenvalue weighted by Gasteiger charge is -2.06. The van der Waals surface area contributed by atoms with Crippen LogP contribution in [0.25, 0.3) is 6.08 Å². The van der Waals surface area contributed by atoms with Gasteiger partial charge in [0, 0.05) is 6.20 Å². The van der Waals surface area contributed by atoms with Gasteiger partial charge in [0.05, 0.1) is 0 Å². The summed E-state index contributed by atoms with van der Waals surface area (Å²) in [4.78, 5) is 21.7. The van der Waals surface area contributed by atoms with E-state index in [-0.39, 0.29) is 0 Å². The first-order chi connectivity index (χ1) is 7.58. The molecule has 0 saturated heterocycles. The lowest BCUT2D eigenvalue weighted by Crippen LogP contribution is -2.10. The van der Waals surface area contributed by atoms with E-state index in [1.165, 1.54) is 22.9 Å². The molecule has 1 rings (SSSR count). The Morgan fingerprint density at radius 3 is 1.94 bits per heavy atom. The summed E-state index contributed by atoms with van der Waals surface area (Å²) in [6.07, 6.45) is 4.13. The molecule has 84 valence electrons. The van der Waals surface area contributed by atoms with Crippen LogP contribution in [0.1, 0.15) is 22.3 Å². The molecule has 0 radical (unpaired) electrons. The smallest absolute Gasteiger partial charge is 0.220 e. The van der Waals surface area contributed by atoms with Crippen molar-refractivity contribution in [2.24, 2.45) is 0 Å². The standard InChI is InChI=1S/C13H15NO2/c1-10-6-13(7-11(2)12(10)3)4-5-14(8-15)9-16/h4-9H,1-3H3/b5-4+. The number of hydrogen-bond donors (Lipinski definition) is 0. The summed E-state index contributed by atoms with van der Waals surface area (Å²) in [6, 6.07) is 4.04. The third-order valence-corrected chi connectivity index (χ3v) is 2.63. The van der Waals surface area contributed by atoms with E-state index in [0.717, 1.165) is 10.5 Å². The van der Waals surface area contributed by atoms with Gasteiger partial charge >= 0.3 is 0 Å². The molecule has 0 spiro atoms. The molecule has 2 amide bonds. The minimum absolute atomic E-state index is 0.470. The van der Waals surface area contributed by atoms with E-state index in [4.69, 9.17) is 0 Å². The van der Waals surface area contributed by atoms with Gasteiger partial charge in [-0.3, -0.25) is 14.5 Å². The molecule has 0 aromatic heterocycles. The van der Waals surface area contributed by atoms with Crippen LogP contribution in [0.4, 0.5) is 0 Å². The number of benzene rings is 1. The van der Waals surface area contributed by atoms with Crippen LogP contribution in [0.15, 0.2) is 18.3 Å². The number of aryl methyl sites for hydroxylation is 2. The van der Waals surface area contributed by atoms with Crippen LogP contribution in [-0.2, 0) is 9.59 Å². The molecule has 0 fully saturated rings. The van der Waals surface area contributed by atoms with Crippen molar-refractivity contribution in [2.75, 3.05) is 0 Å². The molecule has 0 atom stereocenters. The molecule has 0 aliphatic rings. The maximum Gasteiger partial charge on any atom is 0.220 e. The Bertz CT molecular complexity index is 405. The van der Waals surface area contributed by atoms with Crippen molar-refractivity contribution in [1.29, 1.82) is 0 Å². The van der Waals surface area contributed by atoms with Gasteiger partial charge in [0.1, 0.15) is 0 Å². The highest BCUT2D eigenvalue weighted by Gasteiger charge is 1.99. The van der Waals surface area contributed by atoms with Crippen molar-refractivity contribution >= 4 is 18.9 Å². The Labute approximate surface area is 95.4 Å². The molecule has 0 aliphatic carbocycles. The Morgan fingerprint density at radius 1 is 1.00 bits per heavy atom. The van der Waals surface area contributed by atoms with Crippen molar-refractivity contribution in [1.82, 2.24) is 4.90 Å². The molecule has 0 heterocycles. The minimum atomic E-state index is 0.470. The highest BCUT2D eigenvalue weighted by atomic mass is 16.2. The molecule has 1 aromatic carbocycles. The summed E-state index contributed by atoms with van der Waals surface area (Å²) in [5.74, 6) is 0. The average Bonchev–Trinajstić information content (AvgIpc) is 2.27. The summed E-state index contributed by atoms with van der Waals surface area (Å²) < 4.78 is 0. The molecule has 3 nitrogen and oxygen atoms in total. The lowest BCUT2D eigenvalue weighted by molar-refractivity contribution is -0.126. The first-order valence-corrected chi connectivity index (χ1v) is 5.02. The van der Waals surface area contributed by atoms with Crippen LogP contribution >= 0.6 is 0 Å². The van der Waals surface area contributed by atoms with Crippen LogP contribution in [0, 0.1) is 20.8 Å². The second kappa shape index (κ2) is 5.26. The summed E-state index contributed by atoms with van der Waals surface area (Å²) >= 11 is 0. The van der Waals surface area contributed by atoms with Gasteiger partial charge in [-0.2, -0.15) is 0 Å². The van der Waals surface area contributed by atoms with Crippen molar-refractivity contribution in [3.63, 3.8) is 0 Å². The predicted octanol–water partition coefficient (Wildman–Crippen LogP) is 2.20. The van der Waals surface area contributed by atoms with E-state index in [1.54, 1.807) is 6.08 Å². The van der Waals surface area contributed by atoms with Crippen LogP contribution in [0.2, 0.25) is 0 Å². The highest BCUT2D eigenvalue weighted by molar-refractivity contribution is 5.72. The molecule has 0 aliphatic heterocycles. The van der Waals surface area contributed by atoms with Gasteiger partial charge < -0.3 is 0 Å². The van der Waals surface area contributed by atoms with Gasteiger partial charge in [-0.15, -0.1) is 0 Å². The third-order valence-electron chi connectivity index (χ3n) is 2.63. The molecular formula is C13H15NO2. The van der Waals surface area contributed by atoms with Crippen LogP contribution in [0.5, 0.6) is 0 Å². The molecule has 0 N–H and O–H groups in total. The monoisotopic (exact) mass is 217 g/mol. The zero-order valence-electron chi connectivity index (χ0n) is 9.73. The number of rotatable bonds is 4. The maximum atomic E-state index is 10.4. The minimum Gasteiger partial charge on any atom is -0.278 e. The molecular weight excluding hydrogens is 202 g/mol. The SMILES string of the molecule is Cc1cc(/C=C/N(C=O)C=O)cc(C)c1C. The Kier molecular flexibility index (Phi) is 4.00.